The third kappa shape index (κ3) is 2.98. The van der Waals surface area contributed by atoms with Gasteiger partial charge in [-0.3, -0.25) is 4.79 Å². The maximum absolute atomic E-state index is 11.7. The predicted octanol–water partition coefficient (Wildman–Crippen LogP) is 2.09. The van der Waals surface area contributed by atoms with Crippen molar-refractivity contribution in [2.24, 2.45) is 0 Å². The fourth-order valence-electron chi connectivity index (χ4n) is 1.16. The lowest BCUT2D eigenvalue weighted by atomic mass is 10.3. The molecular weight excluding hydrogens is 240 g/mol. The molecule has 2 rings (SSSR count). The van der Waals surface area contributed by atoms with E-state index in [0.717, 1.165) is 5.56 Å². The molecule has 0 unspecified atom stereocenters. The highest BCUT2D eigenvalue weighted by Gasteiger charge is 2.08. The number of pyridine rings is 1. The molecule has 0 radical (unpaired) electrons. The number of aryl methyl sites for hydroxylation is 1. The molecule has 0 saturated carbocycles. The summed E-state index contributed by atoms with van der Waals surface area (Å²) < 4.78 is 0. The Hall–Kier alpha value is -2.01. The van der Waals surface area contributed by atoms with Crippen molar-refractivity contribution in [1.29, 1.82) is 0 Å². The quantitative estimate of drug-likeness (QED) is 0.884. The van der Waals surface area contributed by atoms with Gasteiger partial charge in [-0.15, -0.1) is 10.2 Å². The Bertz CT molecular complexity index is 524. The van der Waals surface area contributed by atoms with Gasteiger partial charge in [-0.05, 0) is 30.7 Å². The van der Waals surface area contributed by atoms with E-state index in [1.54, 1.807) is 12.3 Å². The molecule has 1 amide bonds. The van der Waals surface area contributed by atoms with E-state index in [0.29, 0.717) is 5.82 Å². The Kier molecular flexibility index (Phi) is 3.30. The third-order valence-electron chi connectivity index (χ3n) is 2.02. The monoisotopic (exact) mass is 248 g/mol. The smallest absolute Gasteiger partial charge is 0.277 e. The molecule has 2 aromatic heterocycles. The van der Waals surface area contributed by atoms with E-state index in [1.807, 2.05) is 13.0 Å². The summed E-state index contributed by atoms with van der Waals surface area (Å²) in [6.45, 7) is 1.92. The second kappa shape index (κ2) is 4.88. The van der Waals surface area contributed by atoms with Crippen molar-refractivity contribution >= 4 is 23.3 Å². The Morgan fingerprint density at radius 1 is 1.24 bits per heavy atom. The van der Waals surface area contributed by atoms with Crippen LogP contribution in [0.1, 0.15) is 16.1 Å². The average molecular weight is 249 g/mol. The highest BCUT2D eigenvalue weighted by Crippen LogP contribution is 2.07. The van der Waals surface area contributed by atoms with Gasteiger partial charge in [0.25, 0.3) is 5.91 Å². The van der Waals surface area contributed by atoms with Gasteiger partial charge in [0.05, 0.1) is 0 Å². The van der Waals surface area contributed by atoms with Gasteiger partial charge in [0.15, 0.2) is 10.8 Å². The van der Waals surface area contributed by atoms with Gasteiger partial charge in [0, 0.05) is 6.20 Å². The Labute approximate surface area is 103 Å². The van der Waals surface area contributed by atoms with Crippen LogP contribution in [0.5, 0.6) is 0 Å². The van der Waals surface area contributed by atoms with Gasteiger partial charge in [0.2, 0.25) is 0 Å². The van der Waals surface area contributed by atoms with E-state index in [2.05, 4.69) is 20.5 Å². The van der Waals surface area contributed by atoms with Crippen LogP contribution >= 0.6 is 11.6 Å². The van der Waals surface area contributed by atoms with Gasteiger partial charge in [-0.2, -0.15) is 0 Å². The molecular formula is C11H9ClN4O. The highest BCUT2D eigenvalue weighted by atomic mass is 35.5. The number of carbonyl (C=O) groups is 1. The summed E-state index contributed by atoms with van der Waals surface area (Å²) in [5.41, 5.74) is 1.21. The molecule has 2 heterocycles. The average Bonchev–Trinajstić information content (AvgIpc) is 2.33. The number of anilines is 1. The van der Waals surface area contributed by atoms with Crippen molar-refractivity contribution in [2.75, 3.05) is 5.32 Å². The summed E-state index contributed by atoms with van der Waals surface area (Å²) in [6, 6.07) is 6.58. The topological polar surface area (TPSA) is 67.8 Å². The minimum Gasteiger partial charge on any atom is -0.305 e. The molecule has 0 bridgehead atoms. The van der Waals surface area contributed by atoms with E-state index < -0.39 is 0 Å². The van der Waals surface area contributed by atoms with E-state index in [4.69, 9.17) is 11.6 Å². The number of aromatic nitrogens is 3. The molecule has 17 heavy (non-hydrogen) atoms. The Morgan fingerprint density at radius 3 is 2.65 bits per heavy atom. The van der Waals surface area contributed by atoms with Crippen molar-refractivity contribution in [1.82, 2.24) is 15.2 Å². The summed E-state index contributed by atoms with van der Waals surface area (Å²) in [5.74, 6) is 0.0999. The second-order valence-corrected chi connectivity index (χ2v) is 3.80. The largest absolute Gasteiger partial charge is 0.305 e. The van der Waals surface area contributed by atoms with Crippen LogP contribution in [0.2, 0.25) is 5.15 Å². The lowest BCUT2D eigenvalue weighted by molar-refractivity contribution is 0.102. The van der Waals surface area contributed by atoms with Gasteiger partial charge in [-0.25, -0.2) is 4.98 Å². The minimum absolute atomic E-state index is 0.191. The standard InChI is InChI=1S/C11H9ClN4O/c1-7-2-5-10(13-6-7)14-11(17)8-3-4-9(12)16-15-8/h2-6H,1H3,(H,13,14,17). The molecule has 0 aromatic carbocycles. The molecule has 0 aliphatic rings. The van der Waals surface area contributed by atoms with Crippen LogP contribution in [0.4, 0.5) is 5.82 Å². The molecule has 0 atom stereocenters. The number of nitrogens with one attached hydrogen (secondary N) is 1. The molecule has 5 nitrogen and oxygen atoms in total. The van der Waals surface area contributed by atoms with Crippen LogP contribution in [0.15, 0.2) is 30.5 Å². The zero-order valence-electron chi connectivity index (χ0n) is 9.01. The summed E-state index contributed by atoms with van der Waals surface area (Å²) in [6.07, 6.45) is 1.67. The van der Waals surface area contributed by atoms with Crippen molar-refractivity contribution < 1.29 is 4.79 Å². The van der Waals surface area contributed by atoms with Gasteiger partial charge in [0.1, 0.15) is 5.82 Å². The SMILES string of the molecule is Cc1ccc(NC(=O)c2ccc(Cl)nn2)nc1. The zero-order chi connectivity index (χ0) is 12.3. The van der Waals surface area contributed by atoms with Crippen molar-refractivity contribution in [2.45, 2.75) is 6.92 Å². The van der Waals surface area contributed by atoms with Gasteiger partial charge < -0.3 is 5.32 Å². The van der Waals surface area contributed by atoms with Crippen LogP contribution in [-0.2, 0) is 0 Å². The maximum Gasteiger partial charge on any atom is 0.277 e. The molecule has 2 aromatic rings. The first-order chi connectivity index (χ1) is 8.15. The number of hydrogen-bond donors (Lipinski definition) is 1. The normalized spacial score (nSPS) is 10.0. The van der Waals surface area contributed by atoms with E-state index in [9.17, 15) is 4.79 Å². The van der Waals surface area contributed by atoms with Gasteiger partial charge >= 0.3 is 0 Å². The van der Waals surface area contributed by atoms with Crippen LogP contribution in [0.3, 0.4) is 0 Å². The summed E-state index contributed by atoms with van der Waals surface area (Å²) >= 11 is 5.58. The van der Waals surface area contributed by atoms with E-state index in [-0.39, 0.29) is 16.8 Å². The number of halogens is 1. The van der Waals surface area contributed by atoms with Gasteiger partial charge in [-0.1, -0.05) is 17.7 Å². The zero-order valence-corrected chi connectivity index (χ0v) is 9.77. The van der Waals surface area contributed by atoms with Crippen molar-refractivity contribution in [3.63, 3.8) is 0 Å². The lowest BCUT2D eigenvalue weighted by Crippen LogP contribution is -2.15. The first-order valence-electron chi connectivity index (χ1n) is 4.88. The van der Waals surface area contributed by atoms with Crippen LogP contribution in [-0.4, -0.2) is 21.1 Å². The van der Waals surface area contributed by atoms with Crippen molar-refractivity contribution in [3.8, 4) is 0 Å². The Balaban J connectivity index is 2.11. The molecule has 1 N–H and O–H groups in total. The van der Waals surface area contributed by atoms with Crippen molar-refractivity contribution in [3.05, 3.63) is 46.9 Å². The molecule has 0 saturated heterocycles. The lowest BCUT2D eigenvalue weighted by Gasteiger charge is -2.03. The minimum atomic E-state index is -0.370. The third-order valence-corrected chi connectivity index (χ3v) is 2.22. The summed E-state index contributed by atoms with van der Waals surface area (Å²) in [5, 5.41) is 10.1. The number of rotatable bonds is 2. The molecule has 0 aliphatic carbocycles. The van der Waals surface area contributed by atoms with E-state index >= 15 is 0 Å². The predicted molar refractivity (Wildman–Crippen MR) is 64.0 cm³/mol. The second-order valence-electron chi connectivity index (χ2n) is 3.42. The molecule has 0 fully saturated rings. The first-order valence-corrected chi connectivity index (χ1v) is 5.26. The molecule has 0 spiro atoms. The number of carbonyl (C=O) groups excluding carboxylic acids is 1. The fraction of sp³-hybridized carbons (Fsp3) is 0.0909. The number of amides is 1. The first kappa shape index (κ1) is 11.5. The maximum atomic E-state index is 11.7. The highest BCUT2D eigenvalue weighted by molar-refractivity contribution is 6.29. The van der Waals surface area contributed by atoms with E-state index in [1.165, 1.54) is 12.1 Å². The number of nitrogens with zero attached hydrogens (tertiary/aromatic N) is 3. The number of hydrogen-bond acceptors (Lipinski definition) is 4. The molecule has 86 valence electrons. The van der Waals surface area contributed by atoms with Crippen LogP contribution < -0.4 is 5.32 Å². The van der Waals surface area contributed by atoms with Crippen LogP contribution in [0, 0.1) is 6.92 Å². The Morgan fingerprint density at radius 2 is 2.06 bits per heavy atom. The fourth-order valence-corrected chi connectivity index (χ4v) is 1.26. The van der Waals surface area contributed by atoms with Crippen LogP contribution in [0.25, 0.3) is 0 Å². The summed E-state index contributed by atoms with van der Waals surface area (Å²) in [4.78, 5) is 15.8. The molecule has 6 heteroatoms. The summed E-state index contributed by atoms with van der Waals surface area (Å²) in [7, 11) is 0. The molecule has 0 aliphatic heterocycles.